The average Bonchev–Trinajstić information content (AvgIpc) is 2.92. The van der Waals surface area contributed by atoms with Crippen molar-refractivity contribution in [3.8, 4) is 0 Å². The summed E-state index contributed by atoms with van der Waals surface area (Å²) in [4.78, 5) is 0. The van der Waals surface area contributed by atoms with E-state index in [2.05, 4.69) is 22.4 Å². The van der Waals surface area contributed by atoms with Gasteiger partial charge >= 0.3 is 0 Å². The van der Waals surface area contributed by atoms with Crippen LogP contribution in [-0.4, -0.2) is 22.8 Å². The van der Waals surface area contributed by atoms with E-state index < -0.39 is 0 Å². The summed E-state index contributed by atoms with van der Waals surface area (Å²) in [5.41, 5.74) is 3.27. The molecule has 2 N–H and O–H groups in total. The van der Waals surface area contributed by atoms with Crippen LogP contribution >= 0.6 is 0 Å². The second-order valence-electron chi connectivity index (χ2n) is 7.30. The fourth-order valence-corrected chi connectivity index (χ4v) is 4.66. The highest BCUT2D eigenvalue weighted by Gasteiger charge is 2.40. The molecule has 0 amide bonds. The number of nitrogens with one attached hydrogen (secondary N) is 2. The molecule has 2 fully saturated rings. The fraction of sp³-hybridized carbons (Fsp3) is 0.833. The van der Waals surface area contributed by atoms with Gasteiger partial charge in [-0.15, -0.1) is 0 Å². The second kappa shape index (κ2) is 6.95. The minimum absolute atomic E-state index is 0.655. The van der Waals surface area contributed by atoms with Gasteiger partial charge in [-0.1, -0.05) is 32.1 Å². The molecule has 3 rings (SSSR count). The van der Waals surface area contributed by atoms with Gasteiger partial charge in [0.25, 0.3) is 0 Å². The number of nitrogens with zero attached hydrogens (tertiary/aromatic N) is 1. The second-order valence-corrected chi connectivity index (χ2v) is 7.30. The van der Waals surface area contributed by atoms with Crippen LogP contribution in [0.15, 0.2) is 6.20 Å². The molecule has 0 aromatic carbocycles. The zero-order valence-corrected chi connectivity index (χ0v) is 13.6. The number of rotatable bonds is 5. The number of aromatic amines is 1. The zero-order valence-electron chi connectivity index (χ0n) is 13.6. The Kier molecular flexibility index (Phi) is 4.99. The molecule has 2 aliphatic carbocycles. The van der Waals surface area contributed by atoms with Crippen LogP contribution in [0.4, 0.5) is 0 Å². The van der Waals surface area contributed by atoms with E-state index in [0.717, 1.165) is 19.0 Å². The molecule has 21 heavy (non-hydrogen) atoms. The lowest BCUT2D eigenvalue weighted by Crippen LogP contribution is -2.48. The predicted octanol–water partition coefficient (Wildman–Crippen LogP) is 4.13. The third-order valence-corrected chi connectivity index (χ3v) is 5.95. The van der Waals surface area contributed by atoms with Gasteiger partial charge in [0, 0.05) is 11.7 Å². The highest BCUT2D eigenvalue weighted by atomic mass is 15.1. The van der Waals surface area contributed by atoms with E-state index in [1.165, 1.54) is 75.5 Å². The van der Waals surface area contributed by atoms with Crippen LogP contribution in [0.1, 0.15) is 75.5 Å². The maximum Gasteiger partial charge on any atom is 0.0522 e. The first-order valence-corrected chi connectivity index (χ1v) is 9.02. The van der Waals surface area contributed by atoms with E-state index in [9.17, 15) is 0 Å². The van der Waals surface area contributed by atoms with E-state index in [0.29, 0.717) is 5.41 Å². The van der Waals surface area contributed by atoms with E-state index in [1.54, 1.807) is 0 Å². The molecule has 2 aliphatic rings. The normalized spacial score (nSPS) is 25.3. The van der Waals surface area contributed by atoms with Gasteiger partial charge in [0.05, 0.1) is 6.20 Å². The minimum Gasteiger partial charge on any atom is -0.313 e. The summed E-state index contributed by atoms with van der Waals surface area (Å²) in [6.07, 6.45) is 17.5. The van der Waals surface area contributed by atoms with Crippen LogP contribution in [0.5, 0.6) is 0 Å². The van der Waals surface area contributed by atoms with Crippen molar-refractivity contribution >= 4 is 0 Å². The summed E-state index contributed by atoms with van der Waals surface area (Å²) in [7, 11) is 0. The lowest BCUT2D eigenvalue weighted by molar-refractivity contribution is 0.0747. The van der Waals surface area contributed by atoms with Crippen molar-refractivity contribution in [1.29, 1.82) is 0 Å². The van der Waals surface area contributed by atoms with Gasteiger partial charge < -0.3 is 5.32 Å². The maximum atomic E-state index is 4.11. The molecule has 1 spiro atoms. The first-order chi connectivity index (χ1) is 10.3. The zero-order chi connectivity index (χ0) is 14.5. The van der Waals surface area contributed by atoms with Crippen LogP contribution in [0.2, 0.25) is 0 Å². The van der Waals surface area contributed by atoms with Crippen LogP contribution in [0, 0.1) is 12.3 Å². The lowest BCUT2D eigenvalue weighted by atomic mass is 9.62. The van der Waals surface area contributed by atoms with Crippen molar-refractivity contribution in [2.75, 3.05) is 6.54 Å². The predicted molar refractivity (Wildman–Crippen MR) is 87.4 cm³/mol. The van der Waals surface area contributed by atoms with Gasteiger partial charge in [-0.05, 0) is 63.0 Å². The molecule has 0 bridgehead atoms. The molecule has 0 unspecified atom stereocenters. The number of hydrogen-bond acceptors (Lipinski definition) is 2. The van der Waals surface area contributed by atoms with Crippen molar-refractivity contribution in [3.63, 3.8) is 0 Å². The summed E-state index contributed by atoms with van der Waals surface area (Å²) >= 11 is 0. The highest BCUT2D eigenvalue weighted by molar-refractivity contribution is 5.14. The SMILES string of the molecule is Cc1[nH]ncc1CCCN[C@H]1CCCCC12CCCCC2. The van der Waals surface area contributed by atoms with Crippen LogP contribution in [-0.2, 0) is 6.42 Å². The Balaban J connectivity index is 1.47. The van der Waals surface area contributed by atoms with Crippen molar-refractivity contribution in [2.24, 2.45) is 5.41 Å². The van der Waals surface area contributed by atoms with E-state index >= 15 is 0 Å². The van der Waals surface area contributed by atoms with E-state index in [-0.39, 0.29) is 0 Å². The van der Waals surface area contributed by atoms with Gasteiger partial charge in [0.2, 0.25) is 0 Å². The van der Waals surface area contributed by atoms with Gasteiger partial charge in [-0.25, -0.2) is 0 Å². The van der Waals surface area contributed by atoms with E-state index in [4.69, 9.17) is 0 Å². The van der Waals surface area contributed by atoms with Gasteiger partial charge in [-0.2, -0.15) is 5.10 Å². The molecule has 1 aromatic rings. The number of aryl methyl sites for hydroxylation is 2. The van der Waals surface area contributed by atoms with E-state index in [1.807, 2.05) is 6.20 Å². The molecule has 0 saturated heterocycles. The molecular weight excluding hydrogens is 258 g/mol. The van der Waals surface area contributed by atoms with Crippen molar-refractivity contribution in [2.45, 2.75) is 83.6 Å². The number of hydrogen-bond donors (Lipinski definition) is 2. The van der Waals surface area contributed by atoms with Crippen LogP contribution in [0.25, 0.3) is 0 Å². The van der Waals surface area contributed by atoms with Crippen molar-refractivity contribution in [3.05, 3.63) is 17.5 Å². The Morgan fingerprint density at radius 2 is 1.95 bits per heavy atom. The standard InChI is InChI=1S/C18H31N3/c1-15-16(14-20-21-15)8-7-13-19-17-9-3-6-12-18(17)10-4-2-5-11-18/h14,17,19H,2-13H2,1H3,(H,20,21)/t17-/m0/s1. The Morgan fingerprint density at radius 1 is 1.19 bits per heavy atom. The molecule has 2 saturated carbocycles. The Bertz CT molecular complexity index is 423. The minimum atomic E-state index is 0.655. The van der Waals surface area contributed by atoms with Gasteiger partial charge in [0.15, 0.2) is 0 Å². The van der Waals surface area contributed by atoms with Crippen LogP contribution in [0.3, 0.4) is 0 Å². The quantitative estimate of drug-likeness (QED) is 0.800. The molecule has 1 atom stereocenters. The monoisotopic (exact) mass is 289 g/mol. The van der Waals surface area contributed by atoms with Gasteiger partial charge in [-0.3, -0.25) is 5.10 Å². The summed E-state index contributed by atoms with van der Waals surface area (Å²) in [5.74, 6) is 0. The molecule has 1 aromatic heterocycles. The fourth-order valence-electron chi connectivity index (χ4n) is 4.66. The first-order valence-electron chi connectivity index (χ1n) is 9.02. The average molecular weight is 289 g/mol. The largest absolute Gasteiger partial charge is 0.313 e. The van der Waals surface area contributed by atoms with Gasteiger partial charge in [0.1, 0.15) is 0 Å². The number of H-pyrrole nitrogens is 1. The molecule has 3 heteroatoms. The maximum absolute atomic E-state index is 4.11. The smallest absolute Gasteiger partial charge is 0.0522 e. The topological polar surface area (TPSA) is 40.7 Å². The molecule has 0 aliphatic heterocycles. The highest BCUT2D eigenvalue weighted by Crippen LogP contribution is 2.47. The Labute approximate surface area is 129 Å². The van der Waals surface area contributed by atoms with Crippen molar-refractivity contribution in [1.82, 2.24) is 15.5 Å². The molecule has 118 valence electrons. The van der Waals surface area contributed by atoms with Crippen molar-refractivity contribution < 1.29 is 0 Å². The Hall–Kier alpha value is -0.830. The third kappa shape index (κ3) is 3.50. The summed E-state index contributed by atoms with van der Waals surface area (Å²) in [6, 6.07) is 0.789. The third-order valence-electron chi connectivity index (χ3n) is 5.95. The summed E-state index contributed by atoms with van der Waals surface area (Å²) in [5, 5.41) is 11.1. The molecule has 1 heterocycles. The summed E-state index contributed by atoms with van der Waals surface area (Å²) in [6.45, 7) is 3.28. The molecule has 3 nitrogen and oxygen atoms in total. The summed E-state index contributed by atoms with van der Waals surface area (Å²) < 4.78 is 0. The Morgan fingerprint density at radius 3 is 2.67 bits per heavy atom. The number of aromatic nitrogens is 2. The molecule has 0 radical (unpaired) electrons. The first kappa shape index (κ1) is 15.1. The molecular formula is C18H31N3. The lowest BCUT2D eigenvalue weighted by Gasteiger charge is -2.47. The van der Waals surface area contributed by atoms with Crippen LogP contribution < -0.4 is 5.32 Å².